The van der Waals surface area contributed by atoms with Crippen LogP contribution >= 0.6 is 0 Å². The molecule has 2 N–H and O–H groups in total. The molecule has 170 valence electrons. The number of nitriles is 1. The second-order valence-electron chi connectivity index (χ2n) is 7.34. The summed E-state index contributed by atoms with van der Waals surface area (Å²) >= 11 is 0. The van der Waals surface area contributed by atoms with Crippen LogP contribution in [0.3, 0.4) is 0 Å². The van der Waals surface area contributed by atoms with Crippen LogP contribution in [0.5, 0.6) is 5.75 Å². The molecule has 3 aromatic carbocycles. The number of carbonyl (C=O) groups excluding carboxylic acids is 1. The number of hydrogen-bond donors (Lipinski definition) is 2. The van der Waals surface area contributed by atoms with Crippen LogP contribution in [-0.4, -0.2) is 27.5 Å². The third kappa shape index (κ3) is 6.11. The minimum absolute atomic E-state index is 0.0975. The largest absolute Gasteiger partial charge is 0.494 e. The fourth-order valence-corrected chi connectivity index (χ4v) is 4.70. The fourth-order valence-electron chi connectivity index (χ4n) is 3.18. The Morgan fingerprint density at radius 2 is 1.73 bits per heavy atom. The standard InChI is InChI=1S/C25H25N3O4S/c1-3-32-21-9-11-22(12-10-21)33(30,31)24-16-18(2)4-13-23(24)27-17-25(29)28-20-7-5-19(6-8-20)14-15-26/h4-13,16,27H,3,14,17H2,1-2H3,(H,28,29). The average Bonchev–Trinajstić information content (AvgIpc) is 2.80. The topological polar surface area (TPSA) is 108 Å². The van der Waals surface area contributed by atoms with Crippen LogP contribution in [0.4, 0.5) is 11.4 Å². The Balaban J connectivity index is 1.75. The maximum atomic E-state index is 13.3. The molecule has 0 aromatic heterocycles. The Kier molecular flexibility index (Phi) is 7.70. The molecule has 0 saturated carbocycles. The van der Waals surface area contributed by atoms with E-state index in [1.807, 2.05) is 13.8 Å². The number of carbonyl (C=O) groups is 1. The van der Waals surface area contributed by atoms with Crippen molar-refractivity contribution < 1.29 is 17.9 Å². The Hall–Kier alpha value is -3.83. The van der Waals surface area contributed by atoms with E-state index in [9.17, 15) is 13.2 Å². The molecule has 0 aliphatic heterocycles. The van der Waals surface area contributed by atoms with E-state index in [0.717, 1.165) is 11.1 Å². The van der Waals surface area contributed by atoms with E-state index < -0.39 is 9.84 Å². The summed E-state index contributed by atoms with van der Waals surface area (Å²) in [7, 11) is -3.82. The number of ether oxygens (including phenoxy) is 1. The van der Waals surface area contributed by atoms with Crippen LogP contribution in [0, 0.1) is 18.3 Å². The number of amides is 1. The minimum Gasteiger partial charge on any atom is -0.494 e. The molecular formula is C25H25N3O4S. The SMILES string of the molecule is CCOc1ccc(S(=O)(=O)c2cc(C)ccc2NCC(=O)Nc2ccc(CC#N)cc2)cc1. The number of hydrogen-bond acceptors (Lipinski definition) is 6. The molecule has 0 radical (unpaired) electrons. The quantitative estimate of drug-likeness (QED) is 0.489. The molecule has 3 aromatic rings. The highest BCUT2D eigenvalue weighted by Gasteiger charge is 2.22. The van der Waals surface area contributed by atoms with Crippen molar-refractivity contribution in [2.75, 3.05) is 23.8 Å². The van der Waals surface area contributed by atoms with Crippen molar-refractivity contribution in [1.29, 1.82) is 5.26 Å². The van der Waals surface area contributed by atoms with E-state index in [-0.39, 0.29) is 22.2 Å². The summed E-state index contributed by atoms with van der Waals surface area (Å²) < 4.78 is 32.0. The summed E-state index contributed by atoms with van der Waals surface area (Å²) in [5.41, 5.74) is 2.58. The predicted octanol–water partition coefficient (Wildman–Crippen LogP) is 4.34. The van der Waals surface area contributed by atoms with Gasteiger partial charge in [0, 0.05) is 5.69 Å². The highest BCUT2D eigenvalue weighted by molar-refractivity contribution is 7.91. The monoisotopic (exact) mass is 463 g/mol. The van der Waals surface area contributed by atoms with Gasteiger partial charge in [0.15, 0.2) is 0 Å². The number of rotatable bonds is 9. The van der Waals surface area contributed by atoms with Gasteiger partial charge in [-0.2, -0.15) is 5.26 Å². The molecule has 33 heavy (non-hydrogen) atoms. The minimum atomic E-state index is -3.82. The van der Waals surface area contributed by atoms with Gasteiger partial charge in [-0.1, -0.05) is 18.2 Å². The lowest BCUT2D eigenvalue weighted by Gasteiger charge is -2.14. The molecule has 0 heterocycles. The smallest absolute Gasteiger partial charge is 0.243 e. The van der Waals surface area contributed by atoms with E-state index in [1.54, 1.807) is 54.6 Å². The van der Waals surface area contributed by atoms with Gasteiger partial charge < -0.3 is 15.4 Å². The molecule has 0 aliphatic carbocycles. The van der Waals surface area contributed by atoms with E-state index >= 15 is 0 Å². The molecule has 3 rings (SSSR count). The third-order valence-corrected chi connectivity index (χ3v) is 6.64. The van der Waals surface area contributed by atoms with Gasteiger partial charge in [0.05, 0.1) is 41.1 Å². The molecule has 1 amide bonds. The van der Waals surface area contributed by atoms with Gasteiger partial charge in [-0.3, -0.25) is 4.79 Å². The second kappa shape index (κ2) is 10.7. The maximum absolute atomic E-state index is 13.3. The van der Waals surface area contributed by atoms with Crippen LogP contribution in [0.15, 0.2) is 76.5 Å². The molecule has 0 spiro atoms. The van der Waals surface area contributed by atoms with E-state index in [4.69, 9.17) is 10.00 Å². The highest BCUT2D eigenvalue weighted by atomic mass is 32.2. The summed E-state index contributed by atoms with van der Waals surface area (Å²) in [6.07, 6.45) is 0.300. The Labute approximate surface area is 193 Å². The van der Waals surface area contributed by atoms with E-state index in [0.29, 0.717) is 30.2 Å². The van der Waals surface area contributed by atoms with Crippen LogP contribution in [0.2, 0.25) is 0 Å². The normalized spacial score (nSPS) is 10.8. The molecule has 0 bridgehead atoms. The molecule has 0 atom stereocenters. The van der Waals surface area contributed by atoms with Crippen molar-refractivity contribution in [3.63, 3.8) is 0 Å². The molecule has 0 aliphatic rings. The van der Waals surface area contributed by atoms with Gasteiger partial charge in [-0.15, -0.1) is 0 Å². The van der Waals surface area contributed by atoms with E-state index in [1.165, 1.54) is 12.1 Å². The van der Waals surface area contributed by atoms with Gasteiger partial charge in [0.25, 0.3) is 0 Å². The number of nitrogens with one attached hydrogen (secondary N) is 2. The summed E-state index contributed by atoms with van der Waals surface area (Å²) in [5, 5.41) is 14.4. The average molecular weight is 464 g/mol. The van der Waals surface area contributed by atoms with Gasteiger partial charge in [-0.25, -0.2) is 8.42 Å². The van der Waals surface area contributed by atoms with Crippen LogP contribution < -0.4 is 15.4 Å². The summed E-state index contributed by atoms with van der Waals surface area (Å²) in [6.45, 7) is 4.04. The lowest BCUT2D eigenvalue weighted by Crippen LogP contribution is -2.22. The van der Waals surface area contributed by atoms with Crippen molar-refractivity contribution in [1.82, 2.24) is 0 Å². The second-order valence-corrected chi connectivity index (χ2v) is 9.26. The molecule has 7 nitrogen and oxygen atoms in total. The first-order chi connectivity index (χ1) is 15.8. The fraction of sp³-hybridized carbons (Fsp3) is 0.200. The van der Waals surface area contributed by atoms with Gasteiger partial charge >= 0.3 is 0 Å². The number of aryl methyl sites for hydroxylation is 1. The Bertz CT molecular complexity index is 1260. The predicted molar refractivity (Wildman–Crippen MR) is 127 cm³/mol. The Morgan fingerprint density at radius 3 is 2.36 bits per heavy atom. The van der Waals surface area contributed by atoms with Crippen molar-refractivity contribution >= 4 is 27.1 Å². The zero-order valence-corrected chi connectivity index (χ0v) is 19.3. The zero-order chi connectivity index (χ0) is 23.8. The number of sulfone groups is 1. The van der Waals surface area contributed by atoms with Crippen LogP contribution in [0.25, 0.3) is 0 Å². The maximum Gasteiger partial charge on any atom is 0.243 e. The molecule has 8 heteroatoms. The molecular weight excluding hydrogens is 438 g/mol. The van der Waals surface area contributed by atoms with Crippen LogP contribution in [0.1, 0.15) is 18.1 Å². The van der Waals surface area contributed by atoms with Crippen molar-refractivity contribution in [2.24, 2.45) is 0 Å². The zero-order valence-electron chi connectivity index (χ0n) is 18.5. The lowest BCUT2D eigenvalue weighted by atomic mass is 10.1. The van der Waals surface area contributed by atoms with Crippen molar-refractivity contribution in [2.45, 2.75) is 30.1 Å². The Morgan fingerprint density at radius 1 is 1.03 bits per heavy atom. The first-order valence-corrected chi connectivity index (χ1v) is 11.9. The number of nitrogens with zero attached hydrogens (tertiary/aromatic N) is 1. The highest BCUT2D eigenvalue weighted by Crippen LogP contribution is 2.29. The van der Waals surface area contributed by atoms with Crippen LogP contribution in [-0.2, 0) is 21.1 Å². The molecule has 0 unspecified atom stereocenters. The summed E-state index contributed by atoms with van der Waals surface area (Å²) in [4.78, 5) is 12.6. The third-order valence-electron chi connectivity index (χ3n) is 4.83. The summed E-state index contributed by atoms with van der Waals surface area (Å²) in [6, 6.07) is 20.3. The number of anilines is 2. The van der Waals surface area contributed by atoms with Crippen molar-refractivity contribution in [3.8, 4) is 11.8 Å². The van der Waals surface area contributed by atoms with Gasteiger partial charge in [0.1, 0.15) is 5.75 Å². The number of benzene rings is 3. The van der Waals surface area contributed by atoms with Gasteiger partial charge in [0.2, 0.25) is 15.7 Å². The summed E-state index contributed by atoms with van der Waals surface area (Å²) in [5.74, 6) is 0.268. The first-order valence-electron chi connectivity index (χ1n) is 10.4. The van der Waals surface area contributed by atoms with E-state index in [2.05, 4.69) is 16.7 Å². The lowest BCUT2D eigenvalue weighted by molar-refractivity contribution is -0.114. The molecule has 0 saturated heterocycles. The van der Waals surface area contributed by atoms with Gasteiger partial charge in [-0.05, 0) is 73.5 Å². The van der Waals surface area contributed by atoms with Crippen molar-refractivity contribution in [3.05, 3.63) is 77.9 Å². The first kappa shape index (κ1) is 23.8. The molecule has 0 fully saturated rings.